The molecule has 0 aliphatic heterocycles. The molecule has 2 aromatic rings. The molecule has 0 aliphatic carbocycles. The third-order valence-electron chi connectivity index (χ3n) is 2.50. The van der Waals surface area contributed by atoms with Crippen molar-refractivity contribution < 1.29 is 9.84 Å². The smallest absolute Gasteiger partial charge is 0.207 e. The fourth-order valence-electron chi connectivity index (χ4n) is 1.68. The average molecular weight is 273 g/mol. The summed E-state index contributed by atoms with van der Waals surface area (Å²) in [5.74, 6) is 0.982. The van der Waals surface area contributed by atoms with E-state index in [-0.39, 0.29) is 12.3 Å². The number of para-hydroxylation sites is 2. The third kappa shape index (κ3) is 2.87. The van der Waals surface area contributed by atoms with E-state index in [1.54, 1.807) is 0 Å². The zero-order valence-electron chi connectivity index (χ0n) is 11.1. The molecule has 20 heavy (non-hydrogen) atoms. The standard InChI is InChI=1S/C13H15N5O2/c1-2-20-12-6-4-3-5-11(12)18-16-10(9-14)13(17-18)15-7-8-19/h3-6,19H,2,7-8H2,1H3,(H,15,17). The number of benzene rings is 1. The number of aliphatic hydroxyl groups is 1. The van der Waals surface area contributed by atoms with Gasteiger partial charge in [-0.15, -0.1) is 15.0 Å². The molecule has 0 spiro atoms. The normalized spacial score (nSPS) is 10.1. The highest BCUT2D eigenvalue weighted by Crippen LogP contribution is 2.22. The minimum Gasteiger partial charge on any atom is -0.492 e. The first-order chi connectivity index (χ1) is 9.80. The molecular formula is C13H15N5O2. The summed E-state index contributed by atoms with van der Waals surface area (Å²) >= 11 is 0. The van der Waals surface area contributed by atoms with Gasteiger partial charge in [-0.05, 0) is 19.1 Å². The molecule has 1 heterocycles. The summed E-state index contributed by atoms with van der Waals surface area (Å²) in [6.07, 6.45) is 0. The molecule has 7 heteroatoms. The molecule has 7 nitrogen and oxygen atoms in total. The van der Waals surface area contributed by atoms with Gasteiger partial charge in [0, 0.05) is 6.54 Å². The van der Waals surface area contributed by atoms with Crippen LogP contribution < -0.4 is 10.1 Å². The molecule has 0 atom stereocenters. The Balaban J connectivity index is 2.38. The first kappa shape index (κ1) is 13.8. The Morgan fingerprint density at radius 1 is 1.40 bits per heavy atom. The van der Waals surface area contributed by atoms with Crippen molar-refractivity contribution in [2.24, 2.45) is 0 Å². The molecule has 0 amide bonds. The summed E-state index contributed by atoms with van der Waals surface area (Å²) in [6, 6.07) is 9.29. The van der Waals surface area contributed by atoms with Crippen LogP contribution in [0.15, 0.2) is 24.3 Å². The number of ether oxygens (including phenoxy) is 1. The summed E-state index contributed by atoms with van der Waals surface area (Å²) in [4.78, 5) is 1.35. The Kier molecular flexibility index (Phi) is 4.52. The SMILES string of the molecule is CCOc1ccccc1-n1nc(C#N)c(NCCO)n1. The predicted molar refractivity (Wildman–Crippen MR) is 72.8 cm³/mol. The molecule has 0 unspecified atom stereocenters. The molecule has 1 aromatic carbocycles. The van der Waals surface area contributed by atoms with Crippen molar-refractivity contribution in [3.8, 4) is 17.5 Å². The van der Waals surface area contributed by atoms with E-state index in [0.29, 0.717) is 30.4 Å². The van der Waals surface area contributed by atoms with Gasteiger partial charge < -0.3 is 15.2 Å². The van der Waals surface area contributed by atoms with Crippen molar-refractivity contribution in [3.63, 3.8) is 0 Å². The molecule has 1 aromatic heterocycles. The minimum absolute atomic E-state index is 0.0484. The van der Waals surface area contributed by atoms with Crippen LogP contribution >= 0.6 is 0 Å². The van der Waals surface area contributed by atoms with Crippen molar-refractivity contribution >= 4 is 5.82 Å². The predicted octanol–water partition coefficient (Wildman–Crippen LogP) is 0.942. The summed E-state index contributed by atoms with van der Waals surface area (Å²) in [6.45, 7) is 2.68. The van der Waals surface area contributed by atoms with Crippen LogP contribution in [0.25, 0.3) is 5.69 Å². The van der Waals surface area contributed by atoms with E-state index in [4.69, 9.17) is 15.1 Å². The van der Waals surface area contributed by atoms with Crippen LogP contribution in [0.4, 0.5) is 5.82 Å². The number of anilines is 1. The highest BCUT2D eigenvalue weighted by Gasteiger charge is 2.13. The van der Waals surface area contributed by atoms with Crippen LogP contribution in [-0.4, -0.2) is 39.9 Å². The first-order valence-corrected chi connectivity index (χ1v) is 6.24. The maximum absolute atomic E-state index is 9.05. The van der Waals surface area contributed by atoms with Crippen LogP contribution in [0.3, 0.4) is 0 Å². The van der Waals surface area contributed by atoms with E-state index < -0.39 is 0 Å². The number of aromatic nitrogens is 3. The molecule has 104 valence electrons. The number of nitriles is 1. The lowest BCUT2D eigenvalue weighted by Crippen LogP contribution is -2.07. The second-order valence-electron chi connectivity index (χ2n) is 3.85. The number of nitrogens with one attached hydrogen (secondary N) is 1. The number of aliphatic hydroxyl groups excluding tert-OH is 1. The number of nitrogens with zero attached hydrogens (tertiary/aromatic N) is 4. The zero-order valence-corrected chi connectivity index (χ0v) is 11.1. The van der Waals surface area contributed by atoms with Crippen molar-refractivity contribution in [1.29, 1.82) is 5.26 Å². The van der Waals surface area contributed by atoms with Gasteiger partial charge in [0.1, 0.15) is 17.5 Å². The fraction of sp³-hybridized carbons (Fsp3) is 0.308. The molecule has 0 saturated carbocycles. The molecular weight excluding hydrogens is 258 g/mol. The second kappa shape index (κ2) is 6.54. The van der Waals surface area contributed by atoms with Gasteiger partial charge in [-0.3, -0.25) is 0 Å². The molecule has 0 saturated heterocycles. The van der Waals surface area contributed by atoms with Gasteiger partial charge in [-0.2, -0.15) is 5.26 Å². The number of hydrogen-bond donors (Lipinski definition) is 2. The number of hydrogen-bond acceptors (Lipinski definition) is 6. The maximum atomic E-state index is 9.05. The van der Waals surface area contributed by atoms with E-state index in [1.165, 1.54) is 4.80 Å². The summed E-state index contributed by atoms with van der Waals surface area (Å²) in [5.41, 5.74) is 0.827. The van der Waals surface area contributed by atoms with Gasteiger partial charge in [-0.25, -0.2) is 0 Å². The molecule has 0 bridgehead atoms. The van der Waals surface area contributed by atoms with Crippen molar-refractivity contribution in [1.82, 2.24) is 15.0 Å². The Morgan fingerprint density at radius 2 is 2.20 bits per heavy atom. The van der Waals surface area contributed by atoms with Crippen molar-refractivity contribution in [3.05, 3.63) is 30.0 Å². The van der Waals surface area contributed by atoms with E-state index >= 15 is 0 Å². The molecule has 0 aliphatic rings. The van der Waals surface area contributed by atoms with Crippen LogP contribution in [0.1, 0.15) is 12.6 Å². The van der Waals surface area contributed by atoms with Gasteiger partial charge in [0.15, 0.2) is 5.82 Å². The van der Waals surface area contributed by atoms with E-state index in [9.17, 15) is 0 Å². The van der Waals surface area contributed by atoms with Crippen LogP contribution in [0.5, 0.6) is 5.75 Å². The van der Waals surface area contributed by atoms with Gasteiger partial charge in [-0.1, -0.05) is 12.1 Å². The average Bonchev–Trinajstić information content (AvgIpc) is 2.89. The lowest BCUT2D eigenvalue weighted by Gasteiger charge is -2.08. The maximum Gasteiger partial charge on any atom is 0.207 e. The monoisotopic (exact) mass is 273 g/mol. The summed E-state index contributed by atoms with van der Waals surface area (Å²) < 4.78 is 5.51. The molecule has 2 rings (SSSR count). The number of rotatable bonds is 6. The van der Waals surface area contributed by atoms with Crippen LogP contribution in [0.2, 0.25) is 0 Å². The molecule has 0 radical (unpaired) electrons. The Bertz CT molecular complexity index is 617. The third-order valence-corrected chi connectivity index (χ3v) is 2.50. The van der Waals surface area contributed by atoms with Gasteiger partial charge in [0.05, 0.1) is 13.2 Å². The zero-order chi connectivity index (χ0) is 14.4. The second-order valence-corrected chi connectivity index (χ2v) is 3.85. The minimum atomic E-state index is -0.0484. The first-order valence-electron chi connectivity index (χ1n) is 6.24. The lowest BCUT2D eigenvalue weighted by molar-refractivity contribution is 0.311. The Hall–Kier alpha value is -2.59. The van der Waals surface area contributed by atoms with Crippen molar-refractivity contribution in [2.45, 2.75) is 6.92 Å². The largest absolute Gasteiger partial charge is 0.492 e. The van der Waals surface area contributed by atoms with Gasteiger partial charge in [0.25, 0.3) is 0 Å². The quantitative estimate of drug-likeness (QED) is 0.813. The molecule has 2 N–H and O–H groups in total. The molecule has 0 fully saturated rings. The van der Waals surface area contributed by atoms with Gasteiger partial charge >= 0.3 is 0 Å². The van der Waals surface area contributed by atoms with E-state index in [0.717, 1.165) is 0 Å². The Labute approximate surface area is 116 Å². The Morgan fingerprint density at radius 3 is 2.90 bits per heavy atom. The summed E-state index contributed by atoms with van der Waals surface area (Å²) in [7, 11) is 0. The highest BCUT2D eigenvalue weighted by molar-refractivity contribution is 5.50. The summed E-state index contributed by atoms with van der Waals surface area (Å²) in [5, 5.41) is 29.0. The van der Waals surface area contributed by atoms with Gasteiger partial charge in [0.2, 0.25) is 5.69 Å². The van der Waals surface area contributed by atoms with Crippen LogP contribution in [-0.2, 0) is 0 Å². The topological polar surface area (TPSA) is 96.0 Å². The lowest BCUT2D eigenvalue weighted by atomic mass is 10.3. The van der Waals surface area contributed by atoms with Crippen molar-refractivity contribution in [2.75, 3.05) is 25.1 Å². The van der Waals surface area contributed by atoms with E-state index in [1.807, 2.05) is 37.3 Å². The van der Waals surface area contributed by atoms with E-state index in [2.05, 4.69) is 15.5 Å². The highest BCUT2D eigenvalue weighted by atomic mass is 16.5. The fourth-order valence-corrected chi connectivity index (χ4v) is 1.68. The van der Waals surface area contributed by atoms with Crippen LogP contribution in [0, 0.1) is 11.3 Å².